The van der Waals surface area contributed by atoms with Gasteiger partial charge in [-0.2, -0.15) is 0 Å². The van der Waals surface area contributed by atoms with Crippen LogP contribution in [0.2, 0.25) is 0 Å². The topological polar surface area (TPSA) is 88.2 Å². The highest BCUT2D eigenvalue weighted by molar-refractivity contribution is 5.86. The van der Waals surface area contributed by atoms with Gasteiger partial charge in [-0.3, -0.25) is 0 Å². The normalized spacial score (nSPS) is 11.0. The standard InChI is InChI=1S/C12H11F2N3O3/c13-11(14)10-9(12(19)20)15-16-17(10)5-7-1-3-8(6-18)4-2-7/h1-4,11,18H,5-6H2,(H,19,20). The van der Waals surface area contributed by atoms with E-state index in [1.165, 1.54) is 0 Å². The second-order valence-corrected chi connectivity index (χ2v) is 4.06. The summed E-state index contributed by atoms with van der Waals surface area (Å²) in [5.74, 6) is -1.54. The number of benzene rings is 1. The molecule has 0 amide bonds. The van der Waals surface area contributed by atoms with Crippen LogP contribution in [0.15, 0.2) is 24.3 Å². The maximum Gasteiger partial charge on any atom is 0.358 e. The van der Waals surface area contributed by atoms with E-state index in [4.69, 9.17) is 10.2 Å². The highest BCUT2D eigenvalue weighted by atomic mass is 19.3. The number of rotatable bonds is 5. The van der Waals surface area contributed by atoms with Gasteiger partial charge in [-0.05, 0) is 11.1 Å². The molecule has 0 aliphatic rings. The minimum Gasteiger partial charge on any atom is -0.476 e. The summed E-state index contributed by atoms with van der Waals surface area (Å²) in [5.41, 5.74) is -0.130. The number of aliphatic hydroxyl groups is 1. The van der Waals surface area contributed by atoms with Crippen LogP contribution in [0.1, 0.15) is 33.7 Å². The number of aromatic nitrogens is 3. The number of carboxylic acid groups (broad SMARTS) is 1. The number of halogens is 2. The van der Waals surface area contributed by atoms with Crippen molar-refractivity contribution in [1.29, 1.82) is 0 Å². The minimum atomic E-state index is -2.98. The Labute approximate surface area is 112 Å². The van der Waals surface area contributed by atoms with Gasteiger partial charge in [0.2, 0.25) is 0 Å². The first-order valence-corrected chi connectivity index (χ1v) is 5.66. The van der Waals surface area contributed by atoms with E-state index >= 15 is 0 Å². The second-order valence-electron chi connectivity index (χ2n) is 4.06. The average Bonchev–Trinajstić information content (AvgIpc) is 2.83. The Kier molecular flexibility index (Phi) is 4.04. The fourth-order valence-electron chi connectivity index (χ4n) is 1.73. The molecule has 0 saturated carbocycles. The molecule has 106 valence electrons. The van der Waals surface area contributed by atoms with Crippen molar-refractivity contribution in [2.75, 3.05) is 0 Å². The van der Waals surface area contributed by atoms with Crippen molar-refractivity contribution in [2.45, 2.75) is 19.6 Å². The summed E-state index contributed by atoms with van der Waals surface area (Å²) in [6.45, 7) is -0.138. The lowest BCUT2D eigenvalue weighted by Gasteiger charge is -2.06. The van der Waals surface area contributed by atoms with Gasteiger partial charge >= 0.3 is 5.97 Å². The lowest BCUT2D eigenvalue weighted by atomic mass is 10.1. The third-order valence-electron chi connectivity index (χ3n) is 2.72. The van der Waals surface area contributed by atoms with Crippen LogP contribution in [0.5, 0.6) is 0 Å². The van der Waals surface area contributed by atoms with E-state index in [0.29, 0.717) is 11.1 Å². The van der Waals surface area contributed by atoms with E-state index in [2.05, 4.69) is 10.3 Å². The highest BCUT2D eigenvalue weighted by Crippen LogP contribution is 2.22. The Morgan fingerprint density at radius 2 is 1.85 bits per heavy atom. The predicted molar refractivity (Wildman–Crippen MR) is 63.4 cm³/mol. The molecule has 6 nitrogen and oxygen atoms in total. The largest absolute Gasteiger partial charge is 0.476 e. The third kappa shape index (κ3) is 2.80. The summed E-state index contributed by atoms with van der Waals surface area (Å²) in [6, 6.07) is 6.57. The molecule has 2 aromatic rings. The number of aliphatic hydroxyl groups excluding tert-OH is 1. The molecule has 2 rings (SSSR count). The molecule has 0 unspecified atom stereocenters. The number of carbonyl (C=O) groups is 1. The van der Waals surface area contributed by atoms with Crippen LogP contribution in [0.25, 0.3) is 0 Å². The lowest BCUT2D eigenvalue weighted by Crippen LogP contribution is -2.10. The SMILES string of the molecule is O=C(O)c1nnn(Cc2ccc(CO)cc2)c1C(F)F. The van der Waals surface area contributed by atoms with Crippen molar-refractivity contribution < 1.29 is 23.8 Å². The van der Waals surface area contributed by atoms with Crippen LogP contribution >= 0.6 is 0 Å². The van der Waals surface area contributed by atoms with Gasteiger partial charge in [0.1, 0.15) is 5.69 Å². The molecule has 0 atom stereocenters. The van der Waals surface area contributed by atoms with Crippen molar-refractivity contribution in [3.8, 4) is 0 Å². The monoisotopic (exact) mass is 283 g/mol. The van der Waals surface area contributed by atoms with Crippen LogP contribution in [0, 0.1) is 0 Å². The Morgan fingerprint density at radius 1 is 1.25 bits per heavy atom. The van der Waals surface area contributed by atoms with Crippen LogP contribution < -0.4 is 0 Å². The van der Waals surface area contributed by atoms with E-state index in [1.54, 1.807) is 24.3 Å². The molecule has 0 spiro atoms. The molecule has 8 heteroatoms. The molecule has 0 aliphatic carbocycles. The maximum atomic E-state index is 12.9. The molecule has 1 aromatic carbocycles. The number of alkyl halides is 2. The van der Waals surface area contributed by atoms with Crippen LogP contribution in [-0.2, 0) is 13.2 Å². The van der Waals surface area contributed by atoms with Crippen molar-refractivity contribution in [3.63, 3.8) is 0 Å². The van der Waals surface area contributed by atoms with Crippen molar-refractivity contribution in [1.82, 2.24) is 15.0 Å². The summed E-state index contributed by atoms with van der Waals surface area (Å²) in [4.78, 5) is 10.8. The minimum absolute atomic E-state index is 0.0222. The van der Waals surface area contributed by atoms with E-state index in [9.17, 15) is 13.6 Å². The summed E-state index contributed by atoms with van der Waals surface area (Å²) in [7, 11) is 0. The summed E-state index contributed by atoms with van der Waals surface area (Å²) >= 11 is 0. The first-order valence-electron chi connectivity index (χ1n) is 5.66. The maximum absolute atomic E-state index is 12.9. The van der Waals surface area contributed by atoms with Crippen molar-refractivity contribution in [3.05, 3.63) is 46.8 Å². The van der Waals surface area contributed by atoms with E-state index in [1.807, 2.05) is 0 Å². The lowest BCUT2D eigenvalue weighted by molar-refractivity contribution is 0.0675. The zero-order valence-electron chi connectivity index (χ0n) is 10.2. The molecule has 1 aromatic heterocycles. The van der Waals surface area contributed by atoms with Gasteiger partial charge in [-0.1, -0.05) is 29.5 Å². The molecule has 0 bridgehead atoms. The Balaban J connectivity index is 2.30. The molecule has 2 N–H and O–H groups in total. The van der Waals surface area contributed by atoms with Gasteiger partial charge in [0.05, 0.1) is 13.2 Å². The Hall–Kier alpha value is -2.35. The zero-order valence-corrected chi connectivity index (χ0v) is 10.2. The van der Waals surface area contributed by atoms with Gasteiger partial charge in [-0.15, -0.1) is 5.10 Å². The first-order chi connectivity index (χ1) is 9.52. The van der Waals surface area contributed by atoms with Crippen molar-refractivity contribution >= 4 is 5.97 Å². The van der Waals surface area contributed by atoms with Gasteiger partial charge < -0.3 is 10.2 Å². The van der Waals surface area contributed by atoms with Crippen LogP contribution in [0.3, 0.4) is 0 Å². The number of hydrogen-bond acceptors (Lipinski definition) is 4. The van der Waals surface area contributed by atoms with E-state index in [0.717, 1.165) is 4.68 Å². The Bertz CT molecular complexity index is 611. The average molecular weight is 283 g/mol. The number of hydrogen-bond donors (Lipinski definition) is 2. The number of aromatic carboxylic acids is 1. The Morgan fingerprint density at radius 3 is 2.35 bits per heavy atom. The number of nitrogens with zero attached hydrogens (tertiary/aromatic N) is 3. The molecular weight excluding hydrogens is 272 g/mol. The summed E-state index contributed by atoms with van der Waals surface area (Å²) < 4.78 is 26.7. The van der Waals surface area contributed by atoms with Crippen LogP contribution in [0.4, 0.5) is 8.78 Å². The molecule has 20 heavy (non-hydrogen) atoms. The van der Waals surface area contributed by atoms with Crippen molar-refractivity contribution in [2.24, 2.45) is 0 Å². The molecule has 0 saturated heterocycles. The fraction of sp³-hybridized carbons (Fsp3) is 0.250. The van der Waals surface area contributed by atoms with Gasteiger partial charge in [0.25, 0.3) is 6.43 Å². The molecular formula is C12H11F2N3O3. The number of carboxylic acids is 1. The molecule has 1 heterocycles. The van der Waals surface area contributed by atoms with Gasteiger partial charge in [-0.25, -0.2) is 18.3 Å². The quantitative estimate of drug-likeness (QED) is 0.867. The molecule has 0 fully saturated rings. The highest BCUT2D eigenvalue weighted by Gasteiger charge is 2.26. The van der Waals surface area contributed by atoms with E-state index in [-0.39, 0.29) is 13.2 Å². The van der Waals surface area contributed by atoms with Gasteiger partial charge in [0.15, 0.2) is 5.69 Å². The zero-order chi connectivity index (χ0) is 14.7. The smallest absolute Gasteiger partial charge is 0.358 e. The predicted octanol–water partition coefficient (Wildman–Crippen LogP) is 1.45. The molecule has 0 aliphatic heterocycles. The second kappa shape index (κ2) is 5.74. The first kappa shape index (κ1) is 14.1. The van der Waals surface area contributed by atoms with Gasteiger partial charge in [0, 0.05) is 0 Å². The van der Waals surface area contributed by atoms with Crippen LogP contribution in [-0.4, -0.2) is 31.2 Å². The fourth-order valence-corrected chi connectivity index (χ4v) is 1.73. The summed E-state index contributed by atoms with van der Waals surface area (Å²) in [5, 5.41) is 24.4. The third-order valence-corrected chi connectivity index (χ3v) is 2.72. The molecule has 0 radical (unpaired) electrons. The summed E-state index contributed by atoms with van der Waals surface area (Å²) in [6.07, 6.45) is -2.98. The van der Waals surface area contributed by atoms with E-state index < -0.39 is 23.8 Å².